The first-order valence-electron chi connectivity index (χ1n) is 4.78. The smallest absolute Gasteiger partial charge is 0.152 e. The maximum absolute atomic E-state index is 11.3. The lowest BCUT2D eigenvalue weighted by Crippen LogP contribution is -2.20. The van der Waals surface area contributed by atoms with Crippen LogP contribution in [0.4, 0.5) is 5.69 Å². The Morgan fingerprint density at radius 3 is 2.67 bits per heavy atom. The van der Waals surface area contributed by atoms with Crippen LogP contribution in [0.25, 0.3) is 0 Å². The SMILES string of the molecule is O=S1(=O)CCC(Nc2ccccc2Br)C1. The number of hydrogen-bond donors (Lipinski definition) is 1. The van der Waals surface area contributed by atoms with Crippen LogP contribution in [-0.4, -0.2) is 26.0 Å². The van der Waals surface area contributed by atoms with Gasteiger partial charge in [0.05, 0.1) is 11.5 Å². The summed E-state index contributed by atoms with van der Waals surface area (Å²) in [5, 5.41) is 3.24. The third kappa shape index (κ3) is 2.72. The summed E-state index contributed by atoms with van der Waals surface area (Å²) < 4.78 is 23.5. The minimum Gasteiger partial charge on any atom is -0.380 e. The Hall–Kier alpha value is -0.550. The second-order valence-corrected chi connectivity index (χ2v) is 6.81. The van der Waals surface area contributed by atoms with Gasteiger partial charge in [0, 0.05) is 16.2 Å². The van der Waals surface area contributed by atoms with Crippen molar-refractivity contribution in [3.63, 3.8) is 0 Å². The van der Waals surface area contributed by atoms with Crippen molar-refractivity contribution < 1.29 is 8.42 Å². The molecule has 1 fully saturated rings. The fourth-order valence-corrected chi connectivity index (χ4v) is 3.78. The summed E-state index contributed by atoms with van der Waals surface area (Å²) in [6.45, 7) is 0. The Morgan fingerprint density at radius 1 is 1.33 bits per heavy atom. The minimum absolute atomic E-state index is 0.0497. The molecule has 1 atom stereocenters. The molecule has 1 aliphatic heterocycles. The standard InChI is InChI=1S/C10H12BrNO2S/c11-9-3-1-2-4-10(9)12-8-5-6-15(13,14)7-8/h1-4,8,12H,5-7H2. The first kappa shape index (κ1) is 11.0. The molecule has 0 aromatic heterocycles. The first-order valence-corrected chi connectivity index (χ1v) is 7.40. The summed E-state index contributed by atoms with van der Waals surface area (Å²) in [6.07, 6.45) is 0.698. The van der Waals surface area contributed by atoms with Gasteiger partial charge in [-0.2, -0.15) is 0 Å². The van der Waals surface area contributed by atoms with Gasteiger partial charge in [-0.25, -0.2) is 8.42 Å². The summed E-state index contributed by atoms with van der Waals surface area (Å²) >= 11 is 3.42. The predicted octanol–water partition coefficient (Wildman–Crippen LogP) is 2.05. The number of hydrogen-bond acceptors (Lipinski definition) is 3. The van der Waals surface area contributed by atoms with Crippen LogP contribution in [0.15, 0.2) is 28.7 Å². The van der Waals surface area contributed by atoms with Gasteiger partial charge in [-0.1, -0.05) is 12.1 Å². The Morgan fingerprint density at radius 2 is 2.07 bits per heavy atom. The largest absolute Gasteiger partial charge is 0.380 e. The second-order valence-electron chi connectivity index (χ2n) is 3.72. The Labute approximate surface area is 97.9 Å². The summed E-state index contributed by atoms with van der Waals surface area (Å²) in [5.41, 5.74) is 0.958. The van der Waals surface area contributed by atoms with Crippen molar-refractivity contribution in [2.24, 2.45) is 0 Å². The van der Waals surface area contributed by atoms with Crippen molar-refractivity contribution in [3.05, 3.63) is 28.7 Å². The van der Waals surface area contributed by atoms with E-state index in [-0.39, 0.29) is 11.8 Å². The summed E-state index contributed by atoms with van der Waals surface area (Å²) in [7, 11) is -2.81. The van der Waals surface area contributed by atoms with E-state index in [4.69, 9.17) is 0 Å². The maximum Gasteiger partial charge on any atom is 0.152 e. The van der Waals surface area contributed by atoms with Gasteiger partial charge in [-0.3, -0.25) is 0 Å². The van der Waals surface area contributed by atoms with Crippen molar-refractivity contribution in [1.82, 2.24) is 0 Å². The van der Waals surface area contributed by atoms with Gasteiger partial charge in [0.1, 0.15) is 0 Å². The molecule has 15 heavy (non-hydrogen) atoms. The van der Waals surface area contributed by atoms with E-state index >= 15 is 0 Å². The van der Waals surface area contributed by atoms with E-state index in [0.29, 0.717) is 12.2 Å². The van der Waals surface area contributed by atoms with Crippen molar-refractivity contribution in [1.29, 1.82) is 0 Å². The van der Waals surface area contributed by atoms with Crippen LogP contribution in [0.5, 0.6) is 0 Å². The van der Waals surface area contributed by atoms with Gasteiger partial charge in [0.15, 0.2) is 9.84 Å². The molecule has 1 aliphatic rings. The zero-order valence-corrected chi connectivity index (χ0v) is 10.5. The van der Waals surface area contributed by atoms with Gasteiger partial charge in [-0.05, 0) is 34.5 Å². The normalized spacial score (nSPS) is 23.9. The molecule has 1 aromatic rings. The zero-order valence-electron chi connectivity index (χ0n) is 8.11. The van der Waals surface area contributed by atoms with Crippen LogP contribution in [-0.2, 0) is 9.84 Å². The Bertz CT molecular complexity index is 458. The molecule has 1 unspecified atom stereocenters. The van der Waals surface area contributed by atoms with Crippen LogP contribution in [0.3, 0.4) is 0 Å². The predicted molar refractivity (Wildman–Crippen MR) is 64.8 cm³/mol. The molecule has 0 bridgehead atoms. The number of para-hydroxylation sites is 1. The number of halogens is 1. The molecule has 0 spiro atoms. The summed E-state index contributed by atoms with van der Waals surface area (Å²) in [4.78, 5) is 0. The highest BCUT2D eigenvalue weighted by atomic mass is 79.9. The average Bonchev–Trinajstić information content (AvgIpc) is 2.50. The van der Waals surface area contributed by atoms with Gasteiger partial charge in [-0.15, -0.1) is 0 Å². The molecule has 0 amide bonds. The molecule has 5 heteroatoms. The highest BCUT2D eigenvalue weighted by Gasteiger charge is 2.27. The molecule has 82 valence electrons. The number of benzene rings is 1. The van der Waals surface area contributed by atoms with Gasteiger partial charge in [0.2, 0.25) is 0 Å². The maximum atomic E-state index is 11.3. The number of rotatable bonds is 2. The Kier molecular flexibility index (Phi) is 3.02. The van der Waals surface area contributed by atoms with E-state index in [1.165, 1.54) is 0 Å². The van der Waals surface area contributed by atoms with Crippen LogP contribution < -0.4 is 5.32 Å². The van der Waals surface area contributed by atoms with Gasteiger partial charge >= 0.3 is 0 Å². The van der Waals surface area contributed by atoms with E-state index in [1.807, 2.05) is 24.3 Å². The lowest BCUT2D eigenvalue weighted by atomic mass is 10.2. The average molecular weight is 290 g/mol. The lowest BCUT2D eigenvalue weighted by molar-refractivity contribution is 0.602. The molecule has 1 heterocycles. The third-order valence-electron chi connectivity index (χ3n) is 2.47. The zero-order chi connectivity index (χ0) is 10.9. The number of sulfone groups is 1. The van der Waals surface area contributed by atoms with E-state index in [2.05, 4.69) is 21.2 Å². The van der Waals surface area contributed by atoms with Crippen molar-refractivity contribution in [2.75, 3.05) is 16.8 Å². The van der Waals surface area contributed by atoms with E-state index in [9.17, 15) is 8.42 Å². The molecule has 1 saturated heterocycles. The van der Waals surface area contributed by atoms with E-state index in [1.54, 1.807) is 0 Å². The third-order valence-corrected chi connectivity index (χ3v) is 4.93. The van der Waals surface area contributed by atoms with E-state index in [0.717, 1.165) is 10.2 Å². The molecule has 3 nitrogen and oxygen atoms in total. The fraction of sp³-hybridized carbons (Fsp3) is 0.400. The molecule has 0 aliphatic carbocycles. The first-order chi connectivity index (χ1) is 7.07. The van der Waals surface area contributed by atoms with Gasteiger partial charge in [0.25, 0.3) is 0 Å². The second kappa shape index (κ2) is 4.14. The van der Waals surface area contributed by atoms with Crippen molar-refractivity contribution in [3.8, 4) is 0 Å². The summed E-state index contributed by atoms with van der Waals surface area (Å²) in [6, 6.07) is 7.78. The number of anilines is 1. The monoisotopic (exact) mass is 289 g/mol. The van der Waals surface area contributed by atoms with Crippen LogP contribution in [0.2, 0.25) is 0 Å². The number of nitrogens with one attached hydrogen (secondary N) is 1. The lowest BCUT2D eigenvalue weighted by Gasteiger charge is -2.13. The minimum atomic E-state index is -2.81. The molecule has 2 rings (SSSR count). The van der Waals surface area contributed by atoms with E-state index < -0.39 is 9.84 Å². The van der Waals surface area contributed by atoms with Gasteiger partial charge < -0.3 is 5.32 Å². The van der Waals surface area contributed by atoms with Crippen molar-refractivity contribution >= 4 is 31.5 Å². The highest BCUT2D eigenvalue weighted by molar-refractivity contribution is 9.10. The molecule has 1 aromatic carbocycles. The molecule has 0 saturated carbocycles. The fourth-order valence-electron chi connectivity index (χ4n) is 1.71. The van der Waals surface area contributed by atoms with Crippen LogP contribution >= 0.6 is 15.9 Å². The quantitative estimate of drug-likeness (QED) is 0.906. The molecule has 1 N–H and O–H groups in total. The van der Waals surface area contributed by atoms with Crippen molar-refractivity contribution in [2.45, 2.75) is 12.5 Å². The summed E-state index contributed by atoms with van der Waals surface area (Å²) in [5.74, 6) is 0.545. The molecular formula is C10H12BrNO2S. The molecular weight excluding hydrogens is 278 g/mol. The topological polar surface area (TPSA) is 46.2 Å². The van der Waals surface area contributed by atoms with Crippen LogP contribution in [0.1, 0.15) is 6.42 Å². The van der Waals surface area contributed by atoms with Crippen LogP contribution in [0, 0.1) is 0 Å². The molecule has 0 radical (unpaired) electrons. The Balaban J connectivity index is 2.08. The highest BCUT2D eigenvalue weighted by Crippen LogP contribution is 2.24.